The molecule has 1 nitrogen and oxygen atoms in total. The summed E-state index contributed by atoms with van der Waals surface area (Å²) < 4.78 is 2.48. The van der Waals surface area contributed by atoms with E-state index >= 15 is 0 Å². The fraction of sp³-hybridized carbons (Fsp3) is 0. The van der Waals surface area contributed by atoms with Gasteiger partial charge in [0, 0.05) is 16.5 Å². The highest BCUT2D eigenvalue weighted by atomic mass is 15.0. The third-order valence-electron chi connectivity index (χ3n) is 10.2. The third-order valence-corrected chi connectivity index (χ3v) is 10.2. The van der Waals surface area contributed by atoms with Crippen LogP contribution in [0.25, 0.3) is 93.5 Å². The Morgan fingerprint density at radius 3 is 0.918 bits per heavy atom. The molecule has 8 aromatic carbocycles. The molecule has 0 bridgehead atoms. The Bertz CT molecular complexity index is 2720. The molecule has 1 aliphatic rings. The number of benzene rings is 8. The molecule has 228 valence electrons. The summed E-state index contributed by atoms with van der Waals surface area (Å²) in [5, 5.41) is 7.34. The lowest BCUT2D eigenvalue weighted by Gasteiger charge is -2.24. The number of fused-ring (bicyclic) bond motifs is 15. The van der Waals surface area contributed by atoms with Gasteiger partial charge in [0.2, 0.25) is 0 Å². The molecule has 1 heterocycles. The molecule has 0 amide bonds. The fourth-order valence-electron chi connectivity index (χ4n) is 8.09. The Kier molecular flexibility index (Phi) is 6.25. The van der Waals surface area contributed by atoms with E-state index in [1.54, 1.807) is 0 Å². The first-order valence-corrected chi connectivity index (χ1v) is 17.0. The van der Waals surface area contributed by atoms with Gasteiger partial charge in [0.1, 0.15) is 0 Å². The lowest BCUT2D eigenvalue weighted by molar-refractivity contribution is 1.17. The number of nitrogens with zero attached hydrogens (tertiary/aromatic N) is 1. The largest absolute Gasteiger partial charge is 0.309 e. The molecule has 1 aromatic heterocycles. The Balaban J connectivity index is 1.41. The van der Waals surface area contributed by atoms with Gasteiger partial charge in [-0.2, -0.15) is 0 Å². The molecule has 0 N–H and O–H groups in total. The standard InChI is InChI=1S/C48H31N/c1-2-16-34-33(15-1)35-17-3-4-21-39(35)43-30-29-32(31-46(43)42-24-10-7-20-38(34)42)49-47-27-13-11-25-44(47)40-22-8-5-18-36(40)37-19-6-9-23-41(37)45-26-12-14-28-48(45)49/h1-31H. The van der Waals surface area contributed by atoms with Crippen molar-refractivity contribution in [2.45, 2.75) is 0 Å². The predicted octanol–water partition coefficient (Wildman–Crippen LogP) is 13.2. The normalized spacial score (nSPS) is 11.7. The minimum atomic E-state index is 1.12. The van der Waals surface area contributed by atoms with Crippen molar-refractivity contribution in [1.82, 2.24) is 4.57 Å². The van der Waals surface area contributed by atoms with E-state index in [1.807, 2.05) is 0 Å². The van der Waals surface area contributed by atoms with Crippen molar-refractivity contribution in [2.75, 3.05) is 0 Å². The van der Waals surface area contributed by atoms with Gasteiger partial charge < -0.3 is 4.57 Å². The molecule has 0 saturated heterocycles. The van der Waals surface area contributed by atoms with Crippen molar-refractivity contribution in [3.63, 3.8) is 0 Å². The van der Waals surface area contributed by atoms with Crippen LogP contribution >= 0.6 is 0 Å². The van der Waals surface area contributed by atoms with E-state index in [0.29, 0.717) is 0 Å². The second-order valence-corrected chi connectivity index (χ2v) is 12.8. The van der Waals surface area contributed by atoms with Crippen molar-refractivity contribution in [3.05, 3.63) is 188 Å². The van der Waals surface area contributed by atoms with Gasteiger partial charge in [-0.15, -0.1) is 0 Å². The van der Waals surface area contributed by atoms with Crippen molar-refractivity contribution in [1.29, 1.82) is 0 Å². The average molecular weight is 622 g/mol. The fourth-order valence-corrected chi connectivity index (χ4v) is 8.09. The first-order chi connectivity index (χ1) is 24.3. The maximum absolute atomic E-state index is 2.48. The van der Waals surface area contributed by atoms with Gasteiger partial charge in [0.05, 0.1) is 11.0 Å². The summed E-state index contributed by atoms with van der Waals surface area (Å²) >= 11 is 0. The first kappa shape index (κ1) is 27.7. The molecular weight excluding hydrogens is 591 g/mol. The summed E-state index contributed by atoms with van der Waals surface area (Å²) in [6.45, 7) is 0. The number of para-hydroxylation sites is 2. The molecule has 0 radical (unpaired) electrons. The van der Waals surface area contributed by atoms with Gasteiger partial charge in [0.25, 0.3) is 0 Å². The zero-order valence-electron chi connectivity index (χ0n) is 26.8. The molecule has 9 aromatic rings. The second-order valence-electron chi connectivity index (χ2n) is 12.8. The minimum absolute atomic E-state index is 1.12. The molecule has 49 heavy (non-hydrogen) atoms. The summed E-state index contributed by atoms with van der Waals surface area (Å²) in [5.74, 6) is 0. The van der Waals surface area contributed by atoms with Gasteiger partial charge in [-0.25, -0.2) is 0 Å². The molecule has 1 heteroatoms. The zero-order chi connectivity index (χ0) is 32.3. The summed E-state index contributed by atoms with van der Waals surface area (Å²) in [7, 11) is 0. The van der Waals surface area contributed by atoms with Gasteiger partial charge in [-0.05, 0) is 90.3 Å². The van der Waals surface area contributed by atoms with Crippen molar-refractivity contribution >= 4 is 43.4 Å². The van der Waals surface area contributed by atoms with Crippen molar-refractivity contribution in [2.24, 2.45) is 0 Å². The maximum Gasteiger partial charge on any atom is 0.0540 e. The maximum atomic E-state index is 2.48. The lowest BCUT2D eigenvalue weighted by atomic mass is 9.81. The van der Waals surface area contributed by atoms with E-state index in [2.05, 4.69) is 193 Å². The van der Waals surface area contributed by atoms with E-state index in [0.717, 1.165) is 16.7 Å². The quantitative estimate of drug-likeness (QED) is 0.172. The van der Waals surface area contributed by atoms with Gasteiger partial charge in [-0.3, -0.25) is 0 Å². The Morgan fingerprint density at radius 1 is 0.224 bits per heavy atom. The molecule has 0 saturated carbocycles. The highest BCUT2D eigenvalue weighted by Crippen LogP contribution is 2.48. The van der Waals surface area contributed by atoms with Crippen LogP contribution in [0.4, 0.5) is 0 Å². The Hall–Kier alpha value is -6.44. The molecule has 0 aliphatic heterocycles. The minimum Gasteiger partial charge on any atom is -0.309 e. The average Bonchev–Trinajstić information content (AvgIpc) is 3.22. The monoisotopic (exact) mass is 621 g/mol. The lowest BCUT2D eigenvalue weighted by Crippen LogP contribution is -2.01. The molecule has 0 spiro atoms. The van der Waals surface area contributed by atoms with E-state index in [1.165, 1.54) is 76.8 Å². The molecule has 0 unspecified atom stereocenters. The van der Waals surface area contributed by atoms with Crippen LogP contribution in [0.2, 0.25) is 0 Å². The van der Waals surface area contributed by atoms with Crippen LogP contribution in [0.5, 0.6) is 0 Å². The summed E-state index contributed by atoms with van der Waals surface area (Å²) in [5.41, 5.74) is 13.4. The summed E-state index contributed by atoms with van der Waals surface area (Å²) in [4.78, 5) is 0. The number of rotatable bonds is 1. The van der Waals surface area contributed by atoms with Crippen LogP contribution in [0.1, 0.15) is 0 Å². The van der Waals surface area contributed by atoms with Crippen LogP contribution in [0.3, 0.4) is 0 Å². The molecule has 0 atom stereocenters. The highest BCUT2D eigenvalue weighted by molar-refractivity contribution is 6.19. The predicted molar refractivity (Wildman–Crippen MR) is 209 cm³/mol. The number of hydrogen-bond donors (Lipinski definition) is 0. The highest BCUT2D eigenvalue weighted by Gasteiger charge is 2.22. The first-order valence-electron chi connectivity index (χ1n) is 17.0. The molecule has 1 aliphatic carbocycles. The topological polar surface area (TPSA) is 4.93 Å². The van der Waals surface area contributed by atoms with E-state index < -0.39 is 0 Å². The van der Waals surface area contributed by atoms with Crippen LogP contribution in [0.15, 0.2) is 188 Å². The van der Waals surface area contributed by atoms with Crippen molar-refractivity contribution in [3.8, 4) is 50.2 Å². The van der Waals surface area contributed by atoms with E-state index in [4.69, 9.17) is 0 Å². The van der Waals surface area contributed by atoms with Crippen LogP contribution in [-0.4, -0.2) is 4.57 Å². The SMILES string of the molecule is c1ccc2c(c1)-c1ccccc1-c1ccc(-n3c4ccccc4c4ccccc4c4ccccc4c4ccccc43)cc1-c1ccccc1-2. The summed E-state index contributed by atoms with van der Waals surface area (Å²) in [6.07, 6.45) is 0. The van der Waals surface area contributed by atoms with Gasteiger partial charge >= 0.3 is 0 Å². The number of hydrogen-bond acceptors (Lipinski definition) is 0. The van der Waals surface area contributed by atoms with Gasteiger partial charge in [-0.1, -0.05) is 164 Å². The number of aromatic nitrogens is 1. The van der Waals surface area contributed by atoms with E-state index in [9.17, 15) is 0 Å². The molecular formula is C48H31N. The van der Waals surface area contributed by atoms with E-state index in [-0.39, 0.29) is 0 Å². The second kappa shape index (κ2) is 11.1. The molecule has 10 rings (SSSR count). The Labute approximate surface area is 285 Å². The van der Waals surface area contributed by atoms with Crippen LogP contribution < -0.4 is 0 Å². The van der Waals surface area contributed by atoms with Crippen molar-refractivity contribution < 1.29 is 0 Å². The third kappa shape index (κ3) is 4.26. The van der Waals surface area contributed by atoms with Crippen LogP contribution in [-0.2, 0) is 0 Å². The van der Waals surface area contributed by atoms with Gasteiger partial charge in [0.15, 0.2) is 0 Å². The Morgan fingerprint density at radius 2 is 0.510 bits per heavy atom. The zero-order valence-corrected chi connectivity index (χ0v) is 26.8. The van der Waals surface area contributed by atoms with Crippen LogP contribution in [0, 0.1) is 0 Å². The summed E-state index contributed by atoms with van der Waals surface area (Å²) in [6, 6.07) is 69.1. The molecule has 0 fully saturated rings. The smallest absolute Gasteiger partial charge is 0.0540 e.